The second-order valence-electron chi connectivity index (χ2n) is 6.12. The fourth-order valence-electron chi connectivity index (χ4n) is 3.10. The summed E-state index contributed by atoms with van der Waals surface area (Å²) in [7, 11) is 0. The molecule has 0 radical (unpaired) electrons. The van der Waals surface area contributed by atoms with Gasteiger partial charge in [0.15, 0.2) is 0 Å². The Morgan fingerprint density at radius 3 is 2.60 bits per heavy atom. The Morgan fingerprint density at radius 2 is 1.90 bits per heavy atom. The number of morpholine rings is 1. The van der Waals surface area contributed by atoms with Crippen molar-refractivity contribution in [2.24, 2.45) is 0 Å². The maximum absolute atomic E-state index is 11.9. The Morgan fingerprint density at radius 1 is 1.20 bits per heavy atom. The second kappa shape index (κ2) is 7.96. The fourth-order valence-corrected chi connectivity index (χ4v) is 3.10. The van der Waals surface area contributed by atoms with Gasteiger partial charge in [0, 0.05) is 19.6 Å². The average Bonchev–Trinajstić information content (AvgIpc) is 2.45. The maximum atomic E-state index is 11.9. The van der Waals surface area contributed by atoms with Crippen LogP contribution in [0, 0.1) is 0 Å². The molecular formula is C15H28N2O3. The molecule has 1 heterocycles. The van der Waals surface area contributed by atoms with Crippen LogP contribution in [0.4, 0.5) is 0 Å². The Kier molecular flexibility index (Phi) is 6.26. The monoisotopic (exact) mass is 284 g/mol. The van der Waals surface area contributed by atoms with Crippen molar-refractivity contribution in [2.75, 3.05) is 39.4 Å². The van der Waals surface area contributed by atoms with Crippen molar-refractivity contribution in [2.45, 2.75) is 50.5 Å². The summed E-state index contributed by atoms with van der Waals surface area (Å²) in [4.78, 5) is 14.2. The molecule has 0 spiro atoms. The van der Waals surface area contributed by atoms with Gasteiger partial charge in [-0.05, 0) is 25.8 Å². The van der Waals surface area contributed by atoms with Gasteiger partial charge in [0.2, 0.25) is 5.91 Å². The number of amides is 1. The third kappa shape index (κ3) is 5.38. The Labute approximate surface area is 121 Å². The molecule has 20 heavy (non-hydrogen) atoms. The van der Waals surface area contributed by atoms with E-state index < -0.39 is 5.60 Å². The van der Waals surface area contributed by atoms with Crippen LogP contribution in [0.5, 0.6) is 0 Å². The fraction of sp³-hybridized carbons (Fsp3) is 0.933. The van der Waals surface area contributed by atoms with E-state index in [4.69, 9.17) is 4.74 Å². The van der Waals surface area contributed by atoms with E-state index in [1.807, 2.05) is 0 Å². The van der Waals surface area contributed by atoms with E-state index in [0.717, 1.165) is 65.0 Å². The Hall–Kier alpha value is -0.650. The normalized spacial score (nSPS) is 23.4. The topological polar surface area (TPSA) is 61.8 Å². The minimum absolute atomic E-state index is 0.00335. The van der Waals surface area contributed by atoms with Crippen molar-refractivity contribution in [1.29, 1.82) is 0 Å². The molecule has 1 amide bonds. The van der Waals surface area contributed by atoms with Crippen LogP contribution in [0.15, 0.2) is 0 Å². The molecule has 1 aliphatic heterocycles. The first-order valence-electron chi connectivity index (χ1n) is 7.97. The predicted molar refractivity (Wildman–Crippen MR) is 77.5 cm³/mol. The van der Waals surface area contributed by atoms with Crippen molar-refractivity contribution in [1.82, 2.24) is 10.2 Å². The molecule has 2 N–H and O–H groups in total. The van der Waals surface area contributed by atoms with Crippen LogP contribution < -0.4 is 5.32 Å². The van der Waals surface area contributed by atoms with Crippen molar-refractivity contribution in [3.8, 4) is 0 Å². The summed E-state index contributed by atoms with van der Waals surface area (Å²) in [5.74, 6) is -0.00335. The quantitative estimate of drug-likeness (QED) is 0.712. The molecule has 0 aromatic carbocycles. The van der Waals surface area contributed by atoms with E-state index in [1.165, 1.54) is 6.42 Å². The summed E-state index contributed by atoms with van der Waals surface area (Å²) in [5.41, 5.74) is -0.744. The average molecular weight is 284 g/mol. The summed E-state index contributed by atoms with van der Waals surface area (Å²) in [6.45, 7) is 5.33. The maximum Gasteiger partial charge on any atom is 0.222 e. The predicted octanol–water partition coefficient (Wildman–Crippen LogP) is 0.910. The van der Waals surface area contributed by atoms with Gasteiger partial charge in [-0.2, -0.15) is 0 Å². The van der Waals surface area contributed by atoms with Gasteiger partial charge < -0.3 is 15.2 Å². The first-order chi connectivity index (χ1) is 9.68. The van der Waals surface area contributed by atoms with Gasteiger partial charge in [0.1, 0.15) is 0 Å². The van der Waals surface area contributed by atoms with Gasteiger partial charge in [0.05, 0.1) is 25.2 Å². The zero-order chi connectivity index (χ0) is 14.3. The minimum Gasteiger partial charge on any atom is -0.389 e. The largest absolute Gasteiger partial charge is 0.389 e. The van der Waals surface area contributed by atoms with E-state index in [0.29, 0.717) is 6.54 Å². The van der Waals surface area contributed by atoms with Crippen LogP contribution in [-0.4, -0.2) is 60.9 Å². The molecule has 0 bridgehead atoms. The van der Waals surface area contributed by atoms with Crippen molar-refractivity contribution < 1.29 is 14.6 Å². The Bertz CT molecular complexity index is 297. The molecule has 0 atom stereocenters. The molecule has 2 rings (SSSR count). The minimum atomic E-state index is -0.744. The van der Waals surface area contributed by atoms with Crippen LogP contribution in [0.3, 0.4) is 0 Å². The molecule has 2 aliphatic rings. The third-order valence-corrected chi connectivity index (χ3v) is 4.35. The van der Waals surface area contributed by atoms with Crippen LogP contribution in [-0.2, 0) is 9.53 Å². The summed E-state index contributed by atoms with van der Waals surface area (Å²) >= 11 is 0. The van der Waals surface area contributed by atoms with Crippen LogP contribution in [0.25, 0.3) is 0 Å². The molecule has 0 unspecified atom stereocenters. The van der Waals surface area contributed by atoms with E-state index in [-0.39, 0.29) is 12.3 Å². The number of carbonyl (C=O) groups is 1. The molecule has 1 saturated carbocycles. The molecule has 116 valence electrons. The van der Waals surface area contributed by atoms with Crippen LogP contribution >= 0.6 is 0 Å². The lowest BCUT2D eigenvalue weighted by atomic mass is 9.82. The standard InChI is InChI=1S/C15H28N2O3/c18-14(13-15(19)5-2-1-3-6-15)16-7-4-8-17-9-11-20-12-10-17/h19H,1-13H2,(H,16,18). The molecule has 0 aromatic heterocycles. The van der Waals surface area contributed by atoms with Gasteiger partial charge in [-0.15, -0.1) is 0 Å². The molecule has 1 saturated heterocycles. The van der Waals surface area contributed by atoms with Crippen LogP contribution in [0.2, 0.25) is 0 Å². The molecular weight excluding hydrogens is 256 g/mol. The molecule has 1 aliphatic carbocycles. The van der Waals surface area contributed by atoms with Crippen molar-refractivity contribution in [3.63, 3.8) is 0 Å². The summed E-state index contributed by atoms with van der Waals surface area (Å²) in [6.07, 6.45) is 6.04. The molecule has 5 heteroatoms. The van der Waals surface area contributed by atoms with Crippen molar-refractivity contribution in [3.05, 3.63) is 0 Å². The summed E-state index contributed by atoms with van der Waals surface area (Å²) < 4.78 is 5.30. The summed E-state index contributed by atoms with van der Waals surface area (Å²) in [6, 6.07) is 0. The molecule has 2 fully saturated rings. The summed E-state index contributed by atoms with van der Waals surface area (Å²) in [5, 5.41) is 13.3. The van der Waals surface area contributed by atoms with Gasteiger partial charge in [-0.3, -0.25) is 9.69 Å². The molecule has 0 aromatic rings. The highest BCUT2D eigenvalue weighted by atomic mass is 16.5. The zero-order valence-corrected chi connectivity index (χ0v) is 12.4. The highest BCUT2D eigenvalue weighted by Gasteiger charge is 2.31. The number of hydrogen-bond donors (Lipinski definition) is 2. The van der Waals surface area contributed by atoms with Gasteiger partial charge in [0.25, 0.3) is 0 Å². The third-order valence-electron chi connectivity index (χ3n) is 4.35. The van der Waals surface area contributed by atoms with E-state index in [9.17, 15) is 9.90 Å². The Balaban J connectivity index is 1.55. The van der Waals surface area contributed by atoms with E-state index in [2.05, 4.69) is 10.2 Å². The highest BCUT2D eigenvalue weighted by molar-refractivity contribution is 5.76. The van der Waals surface area contributed by atoms with Crippen LogP contribution in [0.1, 0.15) is 44.9 Å². The van der Waals surface area contributed by atoms with Gasteiger partial charge in [-0.1, -0.05) is 19.3 Å². The van der Waals surface area contributed by atoms with Gasteiger partial charge >= 0.3 is 0 Å². The zero-order valence-electron chi connectivity index (χ0n) is 12.4. The van der Waals surface area contributed by atoms with E-state index in [1.54, 1.807) is 0 Å². The first kappa shape index (κ1) is 15.7. The lowest BCUT2D eigenvalue weighted by Gasteiger charge is -2.31. The lowest BCUT2D eigenvalue weighted by Crippen LogP contribution is -2.40. The molecule has 5 nitrogen and oxygen atoms in total. The number of nitrogens with one attached hydrogen (secondary N) is 1. The number of nitrogens with zero attached hydrogens (tertiary/aromatic N) is 1. The smallest absolute Gasteiger partial charge is 0.222 e. The van der Waals surface area contributed by atoms with E-state index >= 15 is 0 Å². The SMILES string of the molecule is O=C(CC1(O)CCCCC1)NCCCN1CCOCC1. The van der Waals surface area contributed by atoms with Crippen molar-refractivity contribution >= 4 is 5.91 Å². The number of ether oxygens (including phenoxy) is 1. The highest BCUT2D eigenvalue weighted by Crippen LogP contribution is 2.30. The number of aliphatic hydroxyl groups is 1. The lowest BCUT2D eigenvalue weighted by molar-refractivity contribution is -0.127. The number of carbonyl (C=O) groups excluding carboxylic acids is 1. The number of hydrogen-bond acceptors (Lipinski definition) is 4. The first-order valence-corrected chi connectivity index (χ1v) is 7.97. The second-order valence-corrected chi connectivity index (χ2v) is 6.12. The number of rotatable bonds is 6. The van der Waals surface area contributed by atoms with Gasteiger partial charge in [-0.25, -0.2) is 0 Å².